The van der Waals surface area contributed by atoms with Crippen LogP contribution in [0.3, 0.4) is 0 Å². The summed E-state index contributed by atoms with van der Waals surface area (Å²) in [5.74, 6) is 0. The summed E-state index contributed by atoms with van der Waals surface area (Å²) >= 11 is 0. The predicted octanol–water partition coefficient (Wildman–Crippen LogP) is 17.2. The highest BCUT2D eigenvalue weighted by Gasteiger charge is 2.42. The van der Waals surface area contributed by atoms with E-state index in [0.29, 0.717) is 0 Å². The molecular formula is C61H63N. The van der Waals surface area contributed by atoms with Gasteiger partial charge in [0.25, 0.3) is 0 Å². The number of rotatable bonds is 6. The van der Waals surface area contributed by atoms with E-state index in [2.05, 4.69) is 226 Å². The molecule has 0 aliphatic heterocycles. The summed E-state index contributed by atoms with van der Waals surface area (Å²) in [4.78, 5) is 2.61. The highest BCUT2D eigenvalue weighted by molar-refractivity contribution is 5.96. The van der Waals surface area contributed by atoms with E-state index >= 15 is 0 Å². The van der Waals surface area contributed by atoms with Crippen molar-refractivity contribution in [3.8, 4) is 44.5 Å². The lowest BCUT2D eigenvalue weighted by molar-refractivity contribution is 0.332. The van der Waals surface area contributed by atoms with Crippen LogP contribution in [0.15, 0.2) is 152 Å². The van der Waals surface area contributed by atoms with Gasteiger partial charge in [0.05, 0.1) is 5.69 Å². The minimum atomic E-state index is -0.153. The van der Waals surface area contributed by atoms with Crippen molar-refractivity contribution < 1.29 is 0 Å². The van der Waals surface area contributed by atoms with Crippen LogP contribution in [0.1, 0.15) is 128 Å². The van der Waals surface area contributed by atoms with Gasteiger partial charge in [0.15, 0.2) is 0 Å². The quantitative estimate of drug-likeness (QED) is 0.162. The van der Waals surface area contributed by atoms with Crippen molar-refractivity contribution in [2.24, 2.45) is 0 Å². The maximum Gasteiger partial charge on any atom is 0.0543 e. The second-order valence-electron chi connectivity index (χ2n) is 21.9. The number of anilines is 3. The molecule has 0 unspecified atom stereocenters. The standard InChI is InChI=1S/C61H63N/c1-57(2)33-34-59(5,6)54-37-45(31-32-51(54)57)62(44-29-27-43(28-30-44)42-25-23-41(24-26-42)40-17-12-11-13-18-40)55-39-53-48(46-19-14-15-21-50(46)61(53,9)10)38-49(55)47-20-16-22-52-56(47)60(7,8)36-35-58(52,3)4/h11-32,37-39H,33-36H2,1-10H3. The van der Waals surface area contributed by atoms with Gasteiger partial charge in [0.1, 0.15) is 0 Å². The van der Waals surface area contributed by atoms with Gasteiger partial charge in [-0.2, -0.15) is 0 Å². The third kappa shape index (κ3) is 6.49. The summed E-state index contributed by atoms with van der Waals surface area (Å²) < 4.78 is 0. The minimum Gasteiger partial charge on any atom is -0.310 e. The molecule has 3 aliphatic carbocycles. The first kappa shape index (κ1) is 40.4. The predicted molar refractivity (Wildman–Crippen MR) is 266 cm³/mol. The molecule has 0 saturated heterocycles. The first-order valence-corrected chi connectivity index (χ1v) is 23.1. The zero-order chi connectivity index (χ0) is 43.4. The Hall–Kier alpha value is -5.66. The number of nitrogens with zero attached hydrogens (tertiary/aromatic N) is 1. The van der Waals surface area contributed by atoms with Crippen LogP contribution < -0.4 is 4.90 Å². The lowest BCUT2D eigenvalue weighted by Crippen LogP contribution is -2.34. The topological polar surface area (TPSA) is 3.24 Å². The first-order chi connectivity index (χ1) is 29.5. The molecule has 0 fully saturated rings. The Morgan fingerprint density at radius 1 is 0.323 bits per heavy atom. The number of fused-ring (bicyclic) bond motifs is 5. The van der Waals surface area contributed by atoms with E-state index in [1.807, 2.05) is 0 Å². The third-order valence-electron chi connectivity index (χ3n) is 15.6. The minimum absolute atomic E-state index is 0.0267. The van der Waals surface area contributed by atoms with Crippen molar-refractivity contribution in [1.29, 1.82) is 0 Å². The average Bonchev–Trinajstić information content (AvgIpc) is 3.49. The molecule has 0 N–H and O–H groups in total. The van der Waals surface area contributed by atoms with Gasteiger partial charge in [-0.15, -0.1) is 0 Å². The van der Waals surface area contributed by atoms with Crippen molar-refractivity contribution in [2.45, 2.75) is 122 Å². The van der Waals surface area contributed by atoms with Crippen LogP contribution in [0.4, 0.5) is 17.1 Å². The van der Waals surface area contributed by atoms with E-state index < -0.39 is 0 Å². The van der Waals surface area contributed by atoms with E-state index in [1.54, 1.807) is 0 Å². The van der Waals surface area contributed by atoms with Gasteiger partial charge in [0.2, 0.25) is 0 Å². The van der Waals surface area contributed by atoms with Crippen LogP contribution in [0.2, 0.25) is 0 Å². The molecule has 0 saturated carbocycles. The average molecular weight is 810 g/mol. The van der Waals surface area contributed by atoms with E-state index in [-0.39, 0.29) is 27.1 Å². The molecule has 1 heteroatoms. The van der Waals surface area contributed by atoms with Crippen LogP contribution in [0.5, 0.6) is 0 Å². The van der Waals surface area contributed by atoms with Gasteiger partial charge in [-0.1, -0.05) is 184 Å². The number of benzene rings is 7. The lowest BCUT2D eigenvalue weighted by atomic mass is 9.61. The summed E-state index contributed by atoms with van der Waals surface area (Å²) in [7, 11) is 0. The van der Waals surface area contributed by atoms with Crippen LogP contribution in [0.25, 0.3) is 44.5 Å². The van der Waals surface area contributed by atoms with E-state index in [9.17, 15) is 0 Å². The van der Waals surface area contributed by atoms with Gasteiger partial charge in [0, 0.05) is 22.4 Å². The van der Waals surface area contributed by atoms with Crippen molar-refractivity contribution >= 4 is 17.1 Å². The van der Waals surface area contributed by atoms with E-state index in [1.165, 1.54) is 114 Å². The van der Waals surface area contributed by atoms with Gasteiger partial charge < -0.3 is 4.90 Å². The zero-order valence-corrected chi connectivity index (χ0v) is 38.7. The summed E-state index contributed by atoms with van der Waals surface area (Å²) in [5, 5.41) is 0. The van der Waals surface area contributed by atoms with Crippen LogP contribution in [-0.4, -0.2) is 0 Å². The molecule has 0 amide bonds. The Bertz CT molecular complexity index is 2850. The summed E-state index contributed by atoms with van der Waals surface area (Å²) in [5.41, 5.74) is 22.8. The van der Waals surface area contributed by atoms with Crippen molar-refractivity contribution in [3.63, 3.8) is 0 Å². The maximum atomic E-state index is 2.61. The summed E-state index contributed by atoms with van der Waals surface area (Å²) in [6.45, 7) is 24.5. The molecule has 1 nitrogen and oxygen atoms in total. The molecule has 0 radical (unpaired) electrons. The van der Waals surface area contributed by atoms with Crippen molar-refractivity contribution in [3.05, 3.63) is 185 Å². The molecule has 0 aromatic heterocycles. The SMILES string of the molecule is CC1(C)CCC(C)(C)c2cc(N(c3ccc(-c4ccc(-c5ccccc5)cc4)cc3)c3cc4c(cc3-c3cccc5c3C(C)(C)CCC5(C)C)-c3ccccc3C4(C)C)ccc21. The van der Waals surface area contributed by atoms with E-state index in [0.717, 1.165) is 6.42 Å². The molecule has 0 heterocycles. The van der Waals surface area contributed by atoms with Crippen LogP contribution in [0, 0.1) is 0 Å². The normalized spacial score (nSPS) is 18.2. The molecule has 0 atom stereocenters. The maximum absolute atomic E-state index is 2.61. The molecule has 312 valence electrons. The highest BCUT2D eigenvalue weighted by atomic mass is 15.1. The third-order valence-corrected chi connectivity index (χ3v) is 15.6. The largest absolute Gasteiger partial charge is 0.310 e. The zero-order valence-electron chi connectivity index (χ0n) is 38.7. The fourth-order valence-corrected chi connectivity index (χ4v) is 11.5. The monoisotopic (exact) mass is 809 g/mol. The second kappa shape index (κ2) is 14.2. The Balaban J connectivity index is 1.23. The van der Waals surface area contributed by atoms with Gasteiger partial charge in [-0.05, 0) is 156 Å². The highest BCUT2D eigenvalue weighted by Crippen LogP contribution is 2.57. The molecule has 3 aliphatic rings. The molecule has 62 heavy (non-hydrogen) atoms. The Kier molecular flexibility index (Phi) is 9.24. The smallest absolute Gasteiger partial charge is 0.0543 e. The van der Waals surface area contributed by atoms with Gasteiger partial charge in [-0.3, -0.25) is 0 Å². The molecule has 10 rings (SSSR count). The number of hydrogen-bond donors (Lipinski definition) is 0. The lowest BCUT2D eigenvalue weighted by Gasteiger charge is -2.44. The Labute approximate surface area is 371 Å². The van der Waals surface area contributed by atoms with Crippen molar-refractivity contribution in [2.75, 3.05) is 4.90 Å². The van der Waals surface area contributed by atoms with Crippen molar-refractivity contribution in [1.82, 2.24) is 0 Å². The second-order valence-corrected chi connectivity index (χ2v) is 21.9. The Morgan fingerprint density at radius 3 is 1.48 bits per heavy atom. The van der Waals surface area contributed by atoms with Gasteiger partial charge >= 0.3 is 0 Å². The fourth-order valence-electron chi connectivity index (χ4n) is 11.5. The molecule has 7 aromatic rings. The van der Waals surface area contributed by atoms with E-state index in [4.69, 9.17) is 0 Å². The molecule has 0 bridgehead atoms. The summed E-state index contributed by atoms with van der Waals surface area (Å²) in [6.07, 6.45) is 4.71. The van der Waals surface area contributed by atoms with Crippen LogP contribution in [-0.2, 0) is 27.1 Å². The van der Waals surface area contributed by atoms with Crippen LogP contribution >= 0.6 is 0 Å². The number of hydrogen-bond acceptors (Lipinski definition) is 1. The molecular weight excluding hydrogens is 747 g/mol. The summed E-state index contributed by atoms with van der Waals surface area (Å²) in [6, 6.07) is 58.0. The fraction of sp³-hybridized carbons (Fsp3) is 0.311. The Morgan fingerprint density at radius 2 is 0.823 bits per heavy atom. The molecule has 0 spiro atoms. The first-order valence-electron chi connectivity index (χ1n) is 23.1. The molecule has 7 aromatic carbocycles. The van der Waals surface area contributed by atoms with Gasteiger partial charge in [-0.25, -0.2) is 0 Å².